The first kappa shape index (κ1) is 50.8. The number of hydrogen-bond donors (Lipinski definition) is 1. The molecule has 0 radical (unpaired) electrons. The van der Waals surface area contributed by atoms with Crippen LogP contribution >= 0.6 is 0 Å². The largest absolute Gasteiger partial charge is 0.477 e. The molecule has 1 N–H and O–H groups in total. The number of carbonyl (C=O) groups is 3. The van der Waals surface area contributed by atoms with Crippen LogP contribution in [0.5, 0.6) is 0 Å². The third kappa shape index (κ3) is 35.3. The first-order chi connectivity index (χ1) is 25.6. The van der Waals surface area contributed by atoms with Gasteiger partial charge in [-0.25, -0.2) is 4.79 Å². The molecule has 0 spiro atoms. The Labute approximate surface area is 326 Å². The minimum atomic E-state index is -0.875. The number of ether oxygens (including phenoxy) is 3. The lowest BCUT2D eigenvalue weighted by Gasteiger charge is -2.31. The summed E-state index contributed by atoms with van der Waals surface area (Å²) in [6, 6.07) is -0.611. The van der Waals surface area contributed by atoms with Gasteiger partial charge in [0.15, 0.2) is 12.1 Å². The highest BCUT2D eigenvalue weighted by Gasteiger charge is 2.31. The minimum absolute atomic E-state index is 0.0486. The van der Waals surface area contributed by atoms with E-state index in [0.717, 1.165) is 38.5 Å². The molecule has 310 valence electrons. The van der Waals surface area contributed by atoms with E-state index in [4.69, 9.17) is 14.2 Å². The van der Waals surface area contributed by atoms with Gasteiger partial charge in [0.1, 0.15) is 6.61 Å². The van der Waals surface area contributed by atoms with Gasteiger partial charge in [0, 0.05) is 19.3 Å². The van der Waals surface area contributed by atoms with Gasteiger partial charge in [-0.15, -0.1) is 0 Å². The molecule has 2 unspecified atom stereocenters. The number of likely N-dealkylation sites (N-methyl/N-ethyl adjacent to an activating group) is 1. The van der Waals surface area contributed by atoms with Gasteiger partial charge in [-0.2, -0.15) is 0 Å². The van der Waals surface area contributed by atoms with Crippen molar-refractivity contribution in [2.24, 2.45) is 0 Å². The number of rotatable bonds is 39. The molecule has 0 fully saturated rings. The van der Waals surface area contributed by atoms with Crippen molar-refractivity contribution < 1.29 is 38.2 Å². The molecule has 0 heterocycles. The van der Waals surface area contributed by atoms with Crippen molar-refractivity contribution in [3.8, 4) is 0 Å². The molecule has 0 amide bonds. The predicted molar refractivity (Wildman–Crippen MR) is 220 cm³/mol. The molecule has 8 heteroatoms. The topological polar surface area (TPSA) is 99.1 Å². The van der Waals surface area contributed by atoms with E-state index in [1.807, 2.05) is 21.1 Å². The summed E-state index contributed by atoms with van der Waals surface area (Å²) in [7, 11) is 5.52. The van der Waals surface area contributed by atoms with Crippen LogP contribution in [0.4, 0.5) is 0 Å². The molecular formula is C45H84NO7+. The molecule has 0 aromatic heterocycles. The molecule has 2 atom stereocenters. The van der Waals surface area contributed by atoms with Gasteiger partial charge >= 0.3 is 17.9 Å². The number of carboxylic acid groups (broad SMARTS) is 1. The molecule has 0 saturated carbocycles. The van der Waals surface area contributed by atoms with Gasteiger partial charge in [-0.1, -0.05) is 160 Å². The summed E-state index contributed by atoms with van der Waals surface area (Å²) in [6.45, 7) is 4.70. The Morgan fingerprint density at radius 3 is 1.43 bits per heavy atom. The normalized spacial score (nSPS) is 13.2. The second-order valence-electron chi connectivity index (χ2n) is 16.0. The standard InChI is InChI=1S/C45H83NO7/c1-6-8-10-12-14-16-17-18-19-20-21-22-23-24-25-26-28-30-32-34-36-44(48)53-41(39-51-38-37-42(45(49)50)46(3,4)5)40-52-43(47)35-33-31-29-27-15-13-11-9-7-2/h16-19,41-42H,6-15,20-40H2,1-5H3/p+1/b17-16+,19-18+. The van der Waals surface area contributed by atoms with Crippen LogP contribution in [0.3, 0.4) is 0 Å². The molecule has 0 aromatic rings. The average Bonchev–Trinajstić information content (AvgIpc) is 3.11. The third-order valence-corrected chi connectivity index (χ3v) is 9.88. The minimum Gasteiger partial charge on any atom is -0.477 e. The maximum atomic E-state index is 12.7. The summed E-state index contributed by atoms with van der Waals surface area (Å²) in [6.07, 6.45) is 39.3. The lowest BCUT2D eigenvalue weighted by Crippen LogP contribution is -2.50. The molecule has 0 aliphatic heterocycles. The van der Waals surface area contributed by atoms with Crippen molar-refractivity contribution in [2.75, 3.05) is 41.0 Å². The van der Waals surface area contributed by atoms with Crippen molar-refractivity contribution in [3.05, 3.63) is 24.3 Å². The van der Waals surface area contributed by atoms with E-state index >= 15 is 0 Å². The van der Waals surface area contributed by atoms with E-state index in [1.54, 1.807) is 0 Å². The molecule has 8 nitrogen and oxygen atoms in total. The Morgan fingerprint density at radius 2 is 0.981 bits per heavy atom. The Morgan fingerprint density at radius 1 is 0.566 bits per heavy atom. The summed E-state index contributed by atoms with van der Waals surface area (Å²) in [5, 5.41) is 9.60. The zero-order valence-corrected chi connectivity index (χ0v) is 35.2. The van der Waals surface area contributed by atoms with Crippen LogP contribution < -0.4 is 0 Å². The van der Waals surface area contributed by atoms with Gasteiger partial charge in [-0.05, 0) is 38.5 Å². The van der Waals surface area contributed by atoms with E-state index in [9.17, 15) is 19.5 Å². The fraction of sp³-hybridized carbons (Fsp3) is 0.844. The second-order valence-corrected chi connectivity index (χ2v) is 16.0. The van der Waals surface area contributed by atoms with Crippen molar-refractivity contribution in [1.82, 2.24) is 0 Å². The number of esters is 2. The molecule has 0 rings (SSSR count). The molecule has 0 bridgehead atoms. The number of allylic oxidation sites excluding steroid dienone is 4. The number of carbonyl (C=O) groups excluding carboxylic acids is 2. The SMILES string of the molecule is CCCCCC/C=C/C=C/CCCCCCCCCCCCC(=O)OC(COCCC(C(=O)O)[N+](C)(C)C)COC(=O)CCCCCCCCCCC. The molecule has 0 aromatic carbocycles. The zero-order valence-electron chi connectivity index (χ0n) is 35.2. The van der Waals surface area contributed by atoms with E-state index in [2.05, 4.69) is 38.2 Å². The molecule has 53 heavy (non-hydrogen) atoms. The number of hydrogen-bond acceptors (Lipinski definition) is 6. The quantitative estimate of drug-likeness (QED) is 0.0289. The summed E-state index contributed by atoms with van der Waals surface area (Å²) >= 11 is 0. The van der Waals surface area contributed by atoms with Crippen LogP contribution in [0.2, 0.25) is 0 Å². The van der Waals surface area contributed by atoms with Gasteiger partial charge in [0.05, 0.1) is 34.4 Å². The van der Waals surface area contributed by atoms with Crippen LogP contribution in [0.25, 0.3) is 0 Å². The van der Waals surface area contributed by atoms with Crippen molar-refractivity contribution in [3.63, 3.8) is 0 Å². The van der Waals surface area contributed by atoms with Crippen molar-refractivity contribution in [1.29, 1.82) is 0 Å². The highest BCUT2D eigenvalue weighted by molar-refractivity contribution is 5.72. The zero-order chi connectivity index (χ0) is 39.3. The fourth-order valence-electron chi connectivity index (χ4n) is 6.44. The van der Waals surface area contributed by atoms with Gasteiger partial charge < -0.3 is 23.8 Å². The van der Waals surface area contributed by atoms with Crippen LogP contribution in [0, 0.1) is 0 Å². The van der Waals surface area contributed by atoms with Gasteiger partial charge in [-0.3, -0.25) is 9.59 Å². The first-order valence-electron chi connectivity index (χ1n) is 21.9. The maximum absolute atomic E-state index is 12.7. The van der Waals surface area contributed by atoms with Crippen LogP contribution in [0.15, 0.2) is 24.3 Å². The lowest BCUT2D eigenvalue weighted by molar-refractivity contribution is -0.887. The van der Waals surface area contributed by atoms with E-state index in [1.165, 1.54) is 122 Å². The highest BCUT2D eigenvalue weighted by Crippen LogP contribution is 2.15. The Bertz CT molecular complexity index is 926. The number of quaternary nitrogens is 1. The summed E-state index contributed by atoms with van der Waals surface area (Å²) in [5.74, 6) is -1.47. The first-order valence-corrected chi connectivity index (χ1v) is 21.9. The molecular weight excluding hydrogens is 666 g/mol. The summed E-state index contributed by atoms with van der Waals surface area (Å²) in [5.41, 5.74) is 0. The smallest absolute Gasteiger partial charge is 0.362 e. The molecule has 0 aliphatic rings. The second kappa shape index (κ2) is 36.8. The number of aliphatic carboxylic acids is 1. The van der Waals surface area contributed by atoms with Crippen molar-refractivity contribution >= 4 is 17.9 Å². The number of unbranched alkanes of at least 4 members (excludes halogenated alkanes) is 22. The number of carboxylic acids is 1. The summed E-state index contributed by atoms with van der Waals surface area (Å²) in [4.78, 5) is 36.8. The molecule has 0 saturated heterocycles. The number of nitrogens with zero attached hydrogens (tertiary/aromatic N) is 1. The summed E-state index contributed by atoms with van der Waals surface area (Å²) < 4.78 is 17.2. The van der Waals surface area contributed by atoms with Crippen molar-refractivity contribution in [2.45, 2.75) is 206 Å². The maximum Gasteiger partial charge on any atom is 0.362 e. The van der Waals surface area contributed by atoms with Crippen LogP contribution in [-0.4, -0.2) is 80.6 Å². The van der Waals surface area contributed by atoms with Crippen LogP contribution in [-0.2, 0) is 28.6 Å². The Balaban J connectivity index is 4.26. The van der Waals surface area contributed by atoms with E-state index in [0.29, 0.717) is 19.3 Å². The third-order valence-electron chi connectivity index (χ3n) is 9.88. The van der Waals surface area contributed by atoms with Gasteiger partial charge in [0.2, 0.25) is 0 Å². The average molecular weight is 751 g/mol. The Kier molecular flexibility index (Phi) is 35.2. The van der Waals surface area contributed by atoms with Gasteiger partial charge in [0.25, 0.3) is 0 Å². The Hall–Kier alpha value is -2.19. The fourth-order valence-corrected chi connectivity index (χ4v) is 6.44. The lowest BCUT2D eigenvalue weighted by atomic mass is 10.1. The highest BCUT2D eigenvalue weighted by atomic mass is 16.6. The molecule has 0 aliphatic carbocycles. The van der Waals surface area contributed by atoms with E-state index < -0.39 is 18.1 Å². The predicted octanol–water partition coefficient (Wildman–Crippen LogP) is 11.7. The van der Waals surface area contributed by atoms with Crippen LogP contribution in [0.1, 0.15) is 194 Å². The van der Waals surface area contributed by atoms with E-state index in [-0.39, 0.29) is 36.2 Å². The monoisotopic (exact) mass is 751 g/mol.